The van der Waals surface area contributed by atoms with Crippen molar-refractivity contribution in [2.24, 2.45) is 0 Å². The average molecular weight is 246 g/mol. The minimum atomic E-state index is -0.234. The van der Waals surface area contributed by atoms with Gasteiger partial charge in [0.2, 0.25) is 0 Å². The first-order chi connectivity index (χ1) is 7.92. The van der Waals surface area contributed by atoms with E-state index < -0.39 is 0 Å². The smallest absolute Gasteiger partial charge is 0.0152 e. The summed E-state index contributed by atoms with van der Waals surface area (Å²) in [7, 11) is -0.234. The van der Waals surface area contributed by atoms with E-state index in [0.29, 0.717) is 0 Å². The highest BCUT2D eigenvalue weighted by Gasteiger charge is 2.12. The highest BCUT2D eigenvalue weighted by Crippen LogP contribution is 2.47. The summed E-state index contributed by atoms with van der Waals surface area (Å²) in [5.74, 6) is 1.16. The van der Waals surface area contributed by atoms with Crippen LogP contribution < -0.4 is 10.6 Å². The summed E-state index contributed by atoms with van der Waals surface area (Å²) in [4.78, 5) is 0. The predicted octanol–water partition coefficient (Wildman–Crippen LogP) is 3.79. The molecule has 0 aliphatic rings. The molecule has 0 bridgehead atoms. The molecule has 0 aliphatic heterocycles. The van der Waals surface area contributed by atoms with Crippen LogP contribution in [0.25, 0.3) is 0 Å². The third-order valence-corrected chi connectivity index (χ3v) is 7.10. The Morgan fingerprint density at radius 1 is 0.812 bits per heavy atom. The molecule has 0 radical (unpaired) electrons. The lowest BCUT2D eigenvalue weighted by Crippen LogP contribution is -2.08. The van der Waals surface area contributed by atoms with E-state index >= 15 is 0 Å². The lowest BCUT2D eigenvalue weighted by Gasteiger charge is -2.16. The Morgan fingerprint density at radius 2 is 1.25 bits per heavy atom. The summed E-state index contributed by atoms with van der Waals surface area (Å²) in [5, 5.41) is 2.91. The highest BCUT2D eigenvalue weighted by atomic mass is 32.7. The molecule has 0 aromatic heterocycles. The van der Waals surface area contributed by atoms with Gasteiger partial charge in [-0.25, -0.2) is 0 Å². The Balaban J connectivity index is 2.31. The van der Waals surface area contributed by atoms with Gasteiger partial charge in [-0.3, -0.25) is 0 Å². The van der Waals surface area contributed by atoms with Crippen molar-refractivity contribution in [1.29, 1.82) is 0 Å². The summed E-state index contributed by atoms with van der Waals surface area (Å²) < 4.78 is 0. The third kappa shape index (κ3) is 2.87. The van der Waals surface area contributed by atoms with Crippen molar-refractivity contribution in [3.63, 3.8) is 0 Å². The van der Waals surface area contributed by atoms with Crippen LogP contribution in [0.5, 0.6) is 0 Å². The zero-order valence-corrected chi connectivity index (χ0v) is 11.0. The van der Waals surface area contributed by atoms with Gasteiger partial charge in [0.15, 0.2) is 0 Å². The van der Waals surface area contributed by atoms with E-state index in [0.717, 1.165) is 5.75 Å². The largest absolute Gasteiger partial charge is 0.125 e. The van der Waals surface area contributed by atoms with Crippen molar-refractivity contribution < 1.29 is 0 Å². The summed E-state index contributed by atoms with van der Waals surface area (Å²) in [5.41, 5.74) is 0. The third-order valence-electron chi connectivity index (χ3n) is 2.24. The molecule has 2 aromatic carbocycles. The van der Waals surface area contributed by atoms with Gasteiger partial charge in [0, 0.05) is 7.12 Å². The van der Waals surface area contributed by atoms with Crippen molar-refractivity contribution in [2.45, 2.75) is 6.92 Å². The van der Waals surface area contributed by atoms with E-state index in [9.17, 15) is 0 Å². The van der Waals surface area contributed by atoms with Crippen molar-refractivity contribution in [1.82, 2.24) is 0 Å². The van der Waals surface area contributed by atoms with Crippen LogP contribution in [0.2, 0.25) is 0 Å². The van der Waals surface area contributed by atoms with Gasteiger partial charge in [-0.2, -0.15) is 0 Å². The first-order valence-electron chi connectivity index (χ1n) is 5.45. The van der Waals surface area contributed by atoms with Crippen LogP contribution in [-0.4, -0.2) is 5.75 Å². The second kappa shape index (κ2) is 6.08. The van der Waals surface area contributed by atoms with Crippen LogP contribution >= 0.6 is 18.5 Å². The maximum absolute atomic E-state index is 2.24. The quantitative estimate of drug-likeness (QED) is 0.740. The minimum Gasteiger partial charge on any atom is -0.125 e. The second-order valence-corrected chi connectivity index (χ2v) is 7.71. The molecule has 0 heterocycles. The molecule has 0 saturated heterocycles. The maximum Gasteiger partial charge on any atom is 0.0152 e. The summed E-state index contributed by atoms with van der Waals surface area (Å²) in [6, 6.07) is 21.6. The number of benzene rings is 2. The molecule has 82 valence electrons. The van der Waals surface area contributed by atoms with Crippen LogP contribution in [0, 0.1) is 0 Å². The average Bonchev–Trinajstić information content (AvgIpc) is 2.38. The first kappa shape index (κ1) is 11.7. The summed E-state index contributed by atoms with van der Waals surface area (Å²) in [6.07, 6.45) is 0. The predicted molar refractivity (Wildman–Crippen MR) is 77.2 cm³/mol. The van der Waals surface area contributed by atoms with Gasteiger partial charge in [-0.05, 0) is 16.4 Å². The Labute approximate surface area is 103 Å². The van der Waals surface area contributed by atoms with E-state index in [1.807, 2.05) is 11.4 Å². The van der Waals surface area contributed by atoms with Crippen LogP contribution in [0.1, 0.15) is 6.92 Å². The minimum absolute atomic E-state index is 0.234. The van der Waals surface area contributed by atoms with E-state index in [1.165, 1.54) is 10.6 Å². The molecule has 0 unspecified atom stereocenters. The number of hydrogen-bond donors (Lipinski definition) is 0. The fraction of sp³-hybridized carbons (Fsp3) is 0.143. The van der Waals surface area contributed by atoms with E-state index in [4.69, 9.17) is 0 Å². The molecule has 0 nitrogen and oxygen atoms in total. The van der Waals surface area contributed by atoms with Gasteiger partial charge in [-0.1, -0.05) is 67.6 Å². The molecule has 0 aliphatic carbocycles. The first-order valence-corrected chi connectivity index (χ1v) is 8.38. The van der Waals surface area contributed by atoms with E-state index in [1.54, 1.807) is 0 Å². The lowest BCUT2D eigenvalue weighted by molar-refractivity contribution is 1.54. The van der Waals surface area contributed by atoms with Gasteiger partial charge < -0.3 is 0 Å². The molecular weight excluding hydrogens is 231 g/mol. The number of rotatable bonds is 4. The zero-order valence-electron chi connectivity index (χ0n) is 9.34. The molecule has 2 heteroatoms. The summed E-state index contributed by atoms with van der Waals surface area (Å²) in [6.45, 7) is 2.23. The van der Waals surface area contributed by atoms with E-state index in [2.05, 4.69) is 67.6 Å². The number of hydrogen-bond acceptors (Lipinski definition) is 1. The van der Waals surface area contributed by atoms with Gasteiger partial charge in [0.1, 0.15) is 0 Å². The molecule has 0 amide bonds. The van der Waals surface area contributed by atoms with Crippen LogP contribution in [-0.2, 0) is 0 Å². The fourth-order valence-corrected chi connectivity index (χ4v) is 5.69. The Bertz CT molecular complexity index is 374. The SMILES string of the molecule is CCSP(c1ccccc1)c1ccccc1. The Kier molecular flexibility index (Phi) is 4.44. The zero-order chi connectivity index (χ0) is 11.2. The van der Waals surface area contributed by atoms with Crippen molar-refractivity contribution in [3.8, 4) is 0 Å². The summed E-state index contributed by atoms with van der Waals surface area (Å²) >= 11 is 2.05. The monoisotopic (exact) mass is 246 g/mol. The normalized spacial score (nSPS) is 10.6. The Morgan fingerprint density at radius 3 is 1.62 bits per heavy atom. The molecule has 2 aromatic rings. The molecule has 16 heavy (non-hydrogen) atoms. The fourth-order valence-electron chi connectivity index (χ4n) is 1.55. The molecule has 2 rings (SSSR count). The van der Waals surface area contributed by atoms with Crippen molar-refractivity contribution >= 4 is 29.1 Å². The van der Waals surface area contributed by atoms with Gasteiger partial charge >= 0.3 is 0 Å². The van der Waals surface area contributed by atoms with Gasteiger partial charge in [0.05, 0.1) is 0 Å². The van der Waals surface area contributed by atoms with Crippen LogP contribution in [0.3, 0.4) is 0 Å². The van der Waals surface area contributed by atoms with Crippen LogP contribution in [0.4, 0.5) is 0 Å². The van der Waals surface area contributed by atoms with Gasteiger partial charge in [0.25, 0.3) is 0 Å². The van der Waals surface area contributed by atoms with Gasteiger partial charge in [-0.15, -0.1) is 11.4 Å². The second-order valence-electron chi connectivity index (χ2n) is 3.38. The molecule has 0 fully saturated rings. The maximum atomic E-state index is 2.24. The highest BCUT2D eigenvalue weighted by molar-refractivity contribution is 8.60. The molecular formula is C14H15PS. The topological polar surface area (TPSA) is 0 Å². The molecule has 0 atom stereocenters. The standard InChI is InChI=1S/C14H15PS/c1-2-16-15(13-9-5-3-6-10-13)14-11-7-4-8-12-14/h3-12H,2H2,1H3. The van der Waals surface area contributed by atoms with E-state index in [-0.39, 0.29) is 7.12 Å². The lowest BCUT2D eigenvalue weighted by atomic mass is 10.4. The molecule has 0 N–H and O–H groups in total. The van der Waals surface area contributed by atoms with Crippen LogP contribution in [0.15, 0.2) is 60.7 Å². The Hall–Kier alpha value is -0.780. The van der Waals surface area contributed by atoms with Crippen molar-refractivity contribution in [2.75, 3.05) is 5.75 Å². The molecule has 0 saturated carbocycles. The molecule has 0 spiro atoms. The van der Waals surface area contributed by atoms with Crippen molar-refractivity contribution in [3.05, 3.63) is 60.7 Å².